The van der Waals surface area contributed by atoms with Crippen LogP contribution in [0.15, 0.2) is 67.1 Å². The molecule has 0 fully saturated rings. The lowest BCUT2D eigenvalue weighted by Crippen LogP contribution is -2.46. The van der Waals surface area contributed by atoms with Gasteiger partial charge in [0, 0.05) is 32.9 Å². The number of aromatic nitrogens is 2. The maximum Gasteiger partial charge on any atom is 0.274 e. The summed E-state index contributed by atoms with van der Waals surface area (Å²) in [5.41, 5.74) is 2.14. The zero-order valence-corrected chi connectivity index (χ0v) is 21.3. The Kier molecular flexibility index (Phi) is 8.76. The quantitative estimate of drug-likeness (QED) is 0.539. The summed E-state index contributed by atoms with van der Waals surface area (Å²) in [5, 5.41) is 0. The number of benzene rings is 2. The SMILES string of the molecule is CCN1CCCCCCN(C(=O)c2cn(C)cn2)[C@@H](Cc2ccccc2)COc2ccccc2C1=O. The van der Waals surface area contributed by atoms with Crippen molar-refractivity contribution in [3.63, 3.8) is 0 Å². The van der Waals surface area contributed by atoms with Crippen LogP contribution in [0.3, 0.4) is 0 Å². The Balaban J connectivity index is 1.68. The summed E-state index contributed by atoms with van der Waals surface area (Å²) in [6.07, 6.45) is 7.90. The first-order valence-corrected chi connectivity index (χ1v) is 12.9. The number of carbonyl (C=O) groups is 2. The van der Waals surface area contributed by atoms with Crippen molar-refractivity contribution in [1.29, 1.82) is 0 Å². The van der Waals surface area contributed by atoms with Gasteiger partial charge in [-0.05, 0) is 43.9 Å². The fraction of sp³-hybridized carbons (Fsp3) is 0.414. The van der Waals surface area contributed by atoms with E-state index in [9.17, 15) is 9.59 Å². The highest BCUT2D eigenvalue weighted by Crippen LogP contribution is 2.23. The maximum atomic E-state index is 13.7. The van der Waals surface area contributed by atoms with Crippen LogP contribution in [-0.2, 0) is 13.5 Å². The van der Waals surface area contributed by atoms with E-state index >= 15 is 0 Å². The number of para-hydroxylation sites is 1. The van der Waals surface area contributed by atoms with Gasteiger partial charge in [0.1, 0.15) is 18.1 Å². The molecule has 7 heteroatoms. The first-order valence-electron chi connectivity index (χ1n) is 12.9. The molecule has 0 N–H and O–H groups in total. The number of amides is 2. The van der Waals surface area contributed by atoms with E-state index in [4.69, 9.17) is 4.74 Å². The standard InChI is InChI=1S/C29H36N4O3/c1-3-32-17-11-4-5-12-18-33(29(35)26-20-31(2)22-30-26)24(19-23-13-7-6-8-14-23)21-36-27-16-10-9-15-25(27)28(32)34/h6-10,13-16,20,22,24H,3-5,11-12,17-19,21H2,1-2H3/t24-/m0/s1. The lowest BCUT2D eigenvalue weighted by atomic mass is 10.0. The molecule has 1 atom stereocenters. The van der Waals surface area contributed by atoms with Gasteiger partial charge in [0.25, 0.3) is 11.8 Å². The van der Waals surface area contributed by atoms with E-state index in [0.29, 0.717) is 36.5 Å². The summed E-state index contributed by atoms with van der Waals surface area (Å²) in [6, 6.07) is 17.4. The minimum Gasteiger partial charge on any atom is -0.491 e. The van der Waals surface area contributed by atoms with E-state index < -0.39 is 0 Å². The van der Waals surface area contributed by atoms with Crippen molar-refractivity contribution in [2.75, 3.05) is 26.2 Å². The van der Waals surface area contributed by atoms with Gasteiger partial charge in [0.2, 0.25) is 0 Å². The minimum absolute atomic E-state index is 0.00816. The molecule has 1 aliphatic rings. The topological polar surface area (TPSA) is 67.7 Å². The number of nitrogens with zero attached hydrogens (tertiary/aromatic N) is 4. The second kappa shape index (κ2) is 12.4. The molecular formula is C29H36N4O3. The van der Waals surface area contributed by atoms with E-state index in [1.54, 1.807) is 17.1 Å². The first-order chi connectivity index (χ1) is 17.6. The predicted molar refractivity (Wildman–Crippen MR) is 140 cm³/mol. The summed E-state index contributed by atoms with van der Waals surface area (Å²) in [6.45, 7) is 4.31. The molecule has 2 heterocycles. The molecule has 0 aliphatic carbocycles. The molecule has 7 nitrogen and oxygen atoms in total. The van der Waals surface area contributed by atoms with Crippen LogP contribution >= 0.6 is 0 Å². The van der Waals surface area contributed by atoms with Gasteiger partial charge in [-0.25, -0.2) is 4.98 Å². The lowest BCUT2D eigenvalue weighted by Gasteiger charge is -2.32. The van der Waals surface area contributed by atoms with Crippen molar-refractivity contribution in [2.24, 2.45) is 7.05 Å². The highest BCUT2D eigenvalue weighted by molar-refractivity contribution is 5.97. The van der Waals surface area contributed by atoms with Crippen LogP contribution in [-0.4, -0.2) is 63.4 Å². The first kappa shape index (κ1) is 25.5. The molecule has 0 bridgehead atoms. The molecule has 0 radical (unpaired) electrons. The van der Waals surface area contributed by atoms with E-state index in [0.717, 1.165) is 37.8 Å². The molecular weight excluding hydrogens is 452 g/mol. The van der Waals surface area contributed by atoms with Crippen LogP contribution in [0.2, 0.25) is 0 Å². The molecule has 0 unspecified atom stereocenters. The van der Waals surface area contributed by atoms with E-state index in [1.165, 1.54) is 0 Å². The molecule has 190 valence electrons. The lowest BCUT2D eigenvalue weighted by molar-refractivity contribution is 0.0592. The van der Waals surface area contributed by atoms with Gasteiger partial charge >= 0.3 is 0 Å². The number of fused-ring (bicyclic) bond motifs is 1. The Morgan fingerprint density at radius 1 is 1.00 bits per heavy atom. The summed E-state index contributed by atoms with van der Waals surface area (Å²) in [4.78, 5) is 35.2. The van der Waals surface area contributed by atoms with Crippen LogP contribution in [0.5, 0.6) is 5.75 Å². The highest BCUT2D eigenvalue weighted by Gasteiger charge is 2.28. The second-order valence-electron chi connectivity index (χ2n) is 9.37. The summed E-state index contributed by atoms with van der Waals surface area (Å²) in [5.74, 6) is 0.459. The third-order valence-corrected chi connectivity index (χ3v) is 6.73. The zero-order chi connectivity index (χ0) is 25.3. The van der Waals surface area contributed by atoms with Crippen molar-refractivity contribution in [1.82, 2.24) is 19.4 Å². The Bertz CT molecular complexity index is 1140. The van der Waals surface area contributed by atoms with Crippen molar-refractivity contribution < 1.29 is 14.3 Å². The molecule has 2 amide bonds. The monoisotopic (exact) mass is 488 g/mol. The molecule has 2 aromatic carbocycles. The minimum atomic E-state index is -0.213. The fourth-order valence-corrected chi connectivity index (χ4v) is 4.73. The van der Waals surface area contributed by atoms with E-state index in [1.807, 2.05) is 66.2 Å². The van der Waals surface area contributed by atoms with Gasteiger partial charge in [-0.15, -0.1) is 0 Å². The molecule has 36 heavy (non-hydrogen) atoms. The van der Waals surface area contributed by atoms with Crippen molar-refractivity contribution in [3.8, 4) is 5.75 Å². The van der Waals surface area contributed by atoms with Crippen LogP contribution in [0, 0.1) is 0 Å². The van der Waals surface area contributed by atoms with Crippen LogP contribution in [0.1, 0.15) is 59.0 Å². The molecule has 0 spiro atoms. The highest BCUT2D eigenvalue weighted by atomic mass is 16.5. The fourth-order valence-electron chi connectivity index (χ4n) is 4.73. The molecule has 3 aromatic rings. The number of carbonyl (C=O) groups excluding carboxylic acids is 2. The third-order valence-electron chi connectivity index (χ3n) is 6.73. The molecule has 1 aromatic heterocycles. The largest absolute Gasteiger partial charge is 0.491 e. The van der Waals surface area contributed by atoms with Gasteiger partial charge in [0.15, 0.2) is 0 Å². The number of rotatable bonds is 4. The molecule has 0 saturated carbocycles. The number of aryl methyl sites for hydroxylation is 1. The number of ether oxygens (including phenoxy) is 1. The summed E-state index contributed by atoms with van der Waals surface area (Å²) >= 11 is 0. The van der Waals surface area contributed by atoms with Gasteiger partial charge in [-0.3, -0.25) is 9.59 Å². The van der Waals surface area contributed by atoms with Gasteiger partial charge in [0.05, 0.1) is 17.9 Å². The normalized spacial score (nSPS) is 17.7. The second-order valence-corrected chi connectivity index (χ2v) is 9.37. The number of hydrogen-bond acceptors (Lipinski definition) is 4. The summed E-state index contributed by atoms with van der Waals surface area (Å²) < 4.78 is 8.13. The van der Waals surface area contributed by atoms with Crippen LogP contribution < -0.4 is 4.74 Å². The Morgan fingerprint density at radius 2 is 1.72 bits per heavy atom. The van der Waals surface area contributed by atoms with Crippen molar-refractivity contribution in [2.45, 2.75) is 45.1 Å². The molecule has 0 saturated heterocycles. The smallest absolute Gasteiger partial charge is 0.274 e. The van der Waals surface area contributed by atoms with Crippen LogP contribution in [0.25, 0.3) is 0 Å². The number of imidazole rings is 1. The Morgan fingerprint density at radius 3 is 2.44 bits per heavy atom. The van der Waals surface area contributed by atoms with Gasteiger partial charge in [-0.1, -0.05) is 55.3 Å². The van der Waals surface area contributed by atoms with E-state index in [-0.39, 0.29) is 24.5 Å². The average molecular weight is 489 g/mol. The molecule has 1 aliphatic heterocycles. The number of hydrogen-bond donors (Lipinski definition) is 0. The van der Waals surface area contributed by atoms with Crippen molar-refractivity contribution >= 4 is 11.8 Å². The van der Waals surface area contributed by atoms with Crippen molar-refractivity contribution in [3.05, 3.63) is 83.9 Å². The Labute approximate surface area is 213 Å². The van der Waals surface area contributed by atoms with Crippen LogP contribution in [0.4, 0.5) is 0 Å². The zero-order valence-electron chi connectivity index (χ0n) is 21.3. The van der Waals surface area contributed by atoms with Gasteiger partial charge in [-0.2, -0.15) is 0 Å². The Hall–Kier alpha value is -3.61. The molecule has 4 rings (SSSR count). The third kappa shape index (κ3) is 6.33. The predicted octanol–water partition coefficient (Wildman–Crippen LogP) is 4.59. The maximum absolute atomic E-state index is 13.7. The summed E-state index contributed by atoms with van der Waals surface area (Å²) in [7, 11) is 1.87. The van der Waals surface area contributed by atoms with E-state index in [2.05, 4.69) is 17.1 Å². The van der Waals surface area contributed by atoms with Gasteiger partial charge < -0.3 is 19.1 Å². The average Bonchev–Trinajstić information content (AvgIpc) is 3.34.